The Morgan fingerprint density at radius 1 is 1.21 bits per heavy atom. The fourth-order valence-corrected chi connectivity index (χ4v) is 4.21. The highest BCUT2D eigenvalue weighted by atomic mass is 16.5. The van der Waals surface area contributed by atoms with E-state index >= 15 is 0 Å². The molecule has 8 heteroatoms. The van der Waals surface area contributed by atoms with Crippen LogP contribution < -0.4 is 10.1 Å². The molecule has 1 aliphatic rings. The van der Waals surface area contributed by atoms with E-state index in [2.05, 4.69) is 31.9 Å². The molecule has 4 aromatic rings. The van der Waals surface area contributed by atoms with Crippen molar-refractivity contribution < 1.29 is 9.53 Å². The quantitative estimate of drug-likeness (QED) is 0.467. The van der Waals surface area contributed by atoms with Crippen LogP contribution in [-0.4, -0.2) is 36.3 Å². The van der Waals surface area contributed by atoms with Crippen molar-refractivity contribution in [3.05, 3.63) is 66.7 Å². The normalized spacial score (nSPS) is 16.1. The number of amides is 1. The van der Waals surface area contributed by atoms with Gasteiger partial charge in [-0.3, -0.25) is 9.48 Å². The summed E-state index contributed by atoms with van der Waals surface area (Å²) in [5, 5.41) is 7.37. The Morgan fingerprint density at radius 3 is 3.00 bits per heavy atom. The number of fused-ring (bicyclic) bond motifs is 5. The van der Waals surface area contributed by atoms with E-state index < -0.39 is 0 Å². The molecule has 0 radical (unpaired) electrons. The smallest absolute Gasteiger partial charge is 0.260 e. The van der Waals surface area contributed by atoms with Crippen LogP contribution in [0.4, 0.5) is 5.82 Å². The number of benzene rings is 1. The number of nitrogens with zero attached hydrogens (tertiary/aromatic N) is 5. The van der Waals surface area contributed by atoms with Gasteiger partial charge in [0.25, 0.3) is 5.91 Å². The van der Waals surface area contributed by atoms with Gasteiger partial charge in [0.05, 0.1) is 17.9 Å². The minimum absolute atomic E-state index is 0.0458. The molecule has 2 bridgehead atoms. The molecule has 0 spiro atoms. The first-order valence-electron chi connectivity index (χ1n) is 11.7. The van der Waals surface area contributed by atoms with Crippen LogP contribution in [0.1, 0.15) is 43.5 Å². The van der Waals surface area contributed by atoms with Crippen molar-refractivity contribution in [3.8, 4) is 28.4 Å². The standard InChI is InChI=1S/C26H28N6O2/c1-3-12-32-17-20(16-28-32)19-9-10-23-21(15-19)26(33)30-24-8-4-7-22(29-24)25-27-11-14-31(25)13-5-6-18(2)34-23/h4,7-11,14-18H,3,5-6,12-13H2,1-2H3,(H,29,30,33)/t18-/m1/s1. The summed E-state index contributed by atoms with van der Waals surface area (Å²) in [4.78, 5) is 22.5. The number of rotatable bonds is 3. The van der Waals surface area contributed by atoms with Gasteiger partial charge >= 0.3 is 0 Å². The summed E-state index contributed by atoms with van der Waals surface area (Å²) in [7, 11) is 0. The molecule has 0 unspecified atom stereocenters. The maximum Gasteiger partial charge on any atom is 0.260 e. The van der Waals surface area contributed by atoms with E-state index in [1.165, 1.54) is 0 Å². The lowest BCUT2D eigenvalue weighted by atomic mass is 10.0. The lowest BCUT2D eigenvalue weighted by Crippen LogP contribution is -2.19. The molecule has 0 saturated heterocycles. The molecule has 8 nitrogen and oxygen atoms in total. The van der Waals surface area contributed by atoms with Crippen LogP contribution in [0, 0.1) is 0 Å². The minimum atomic E-state index is -0.268. The third kappa shape index (κ3) is 4.57. The van der Waals surface area contributed by atoms with Gasteiger partial charge < -0.3 is 14.6 Å². The number of nitrogens with one attached hydrogen (secondary N) is 1. The van der Waals surface area contributed by atoms with E-state index in [1.54, 1.807) is 12.3 Å². The number of carbonyl (C=O) groups is 1. The van der Waals surface area contributed by atoms with Gasteiger partial charge in [-0.05, 0) is 56.0 Å². The van der Waals surface area contributed by atoms with Gasteiger partial charge in [0, 0.05) is 37.2 Å². The van der Waals surface area contributed by atoms with E-state index in [0.29, 0.717) is 17.1 Å². The number of hydrogen-bond donors (Lipinski definition) is 1. The van der Waals surface area contributed by atoms with Crippen LogP contribution in [-0.2, 0) is 13.1 Å². The average molecular weight is 457 g/mol. The lowest BCUT2D eigenvalue weighted by molar-refractivity contribution is 0.101. The molecule has 0 aliphatic carbocycles. The summed E-state index contributed by atoms with van der Waals surface area (Å²) >= 11 is 0. The van der Waals surface area contributed by atoms with Crippen LogP contribution >= 0.6 is 0 Å². The molecule has 1 atom stereocenters. The summed E-state index contributed by atoms with van der Waals surface area (Å²) in [6.07, 6.45) is 10.3. The molecule has 1 amide bonds. The Bertz CT molecular complexity index is 1310. The van der Waals surface area contributed by atoms with Gasteiger partial charge in [-0.25, -0.2) is 9.97 Å². The first-order chi connectivity index (χ1) is 16.6. The van der Waals surface area contributed by atoms with Crippen molar-refractivity contribution in [2.75, 3.05) is 5.32 Å². The second-order valence-corrected chi connectivity index (χ2v) is 8.58. The second-order valence-electron chi connectivity index (χ2n) is 8.58. The Hall–Kier alpha value is -3.94. The predicted molar refractivity (Wildman–Crippen MR) is 131 cm³/mol. The minimum Gasteiger partial charge on any atom is -0.490 e. The topological polar surface area (TPSA) is 86.9 Å². The highest BCUT2D eigenvalue weighted by Gasteiger charge is 2.19. The van der Waals surface area contributed by atoms with Crippen molar-refractivity contribution in [2.24, 2.45) is 0 Å². The number of hydrogen-bond acceptors (Lipinski definition) is 5. The summed E-state index contributed by atoms with van der Waals surface area (Å²) in [6.45, 7) is 5.82. The number of aryl methyl sites for hydroxylation is 2. The van der Waals surface area contributed by atoms with Crippen molar-refractivity contribution in [2.45, 2.75) is 52.3 Å². The zero-order chi connectivity index (χ0) is 23.5. The Balaban J connectivity index is 1.53. The summed E-state index contributed by atoms with van der Waals surface area (Å²) in [6, 6.07) is 11.3. The highest BCUT2D eigenvalue weighted by molar-refractivity contribution is 6.06. The zero-order valence-corrected chi connectivity index (χ0v) is 19.4. The molecule has 5 rings (SSSR count). The fourth-order valence-electron chi connectivity index (χ4n) is 4.21. The van der Waals surface area contributed by atoms with Crippen LogP contribution in [0.25, 0.3) is 22.6 Å². The fraction of sp³-hybridized carbons (Fsp3) is 0.308. The maximum atomic E-state index is 13.4. The monoisotopic (exact) mass is 456 g/mol. The third-order valence-electron chi connectivity index (χ3n) is 5.92. The summed E-state index contributed by atoms with van der Waals surface area (Å²) < 4.78 is 10.2. The lowest BCUT2D eigenvalue weighted by Gasteiger charge is -2.19. The van der Waals surface area contributed by atoms with Gasteiger partial charge in [-0.2, -0.15) is 5.10 Å². The molecule has 174 valence electrons. The summed E-state index contributed by atoms with van der Waals surface area (Å²) in [5.41, 5.74) is 3.07. The van der Waals surface area contributed by atoms with Gasteiger partial charge in [0.2, 0.25) is 0 Å². The Kier molecular flexibility index (Phi) is 6.12. The molecule has 3 aromatic heterocycles. The van der Waals surface area contributed by atoms with Crippen molar-refractivity contribution in [1.82, 2.24) is 24.3 Å². The summed E-state index contributed by atoms with van der Waals surface area (Å²) in [5.74, 6) is 1.55. The molecular formula is C26H28N6O2. The van der Waals surface area contributed by atoms with Crippen molar-refractivity contribution in [3.63, 3.8) is 0 Å². The van der Waals surface area contributed by atoms with E-state index in [-0.39, 0.29) is 12.0 Å². The van der Waals surface area contributed by atoms with Gasteiger partial charge in [0.15, 0.2) is 5.82 Å². The van der Waals surface area contributed by atoms with Crippen LogP contribution in [0.15, 0.2) is 61.2 Å². The Morgan fingerprint density at radius 2 is 2.12 bits per heavy atom. The first kappa shape index (κ1) is 21.9. The molecule has 1 N–H and O–H groups in total. The maximum absolute atomic E-state index is 13.4. The van der Waals surface area contributed by atoms with Crippen LogP contribution in [0.2, 0.25) is 0 Å². The zero-order valence-electron chi connectivity index (χ0n) is 19.4. The predicted octanol–water partition coefficient (Wildman–Crippen LogP) is 5.03. The number of anilines is 1. The number of ether oxygens (including phenoxy) is 1. The number of aromatic nitrogens is 5. The molecule has 1 aliphatic heterocycles. The average Bonchev–Trinajstić information content (AvgIpc) is 3.49. The van der Waals surface area contributed by atoms with E-state index in [1.807, 2.05) is 60.5 Å². The third-order valence-corrected chi connectivity index (χ3v) is 5.92. The largest absolute Gasteiger partial charge is 0.490 e. The highest BCUT2D eigenvalue weighted by Crippen LogP contribution is 2.29. The number of pyridine rings is 1. The molecular weight excluding hydrogens is 428 g/mol. The van der Waals surface area contributed by atoms with Crippen LogP contribution in [0.5, 0.6) is 5.75 Å². The Labute approximate surface area is 198 Å². The second kappa shape index (κ2) is 9.51. The van der Waals surface area contributed by atoms with E-state index in [4.69, 9.17) is 4.74 Å². The SMILES string of the molecule is CCCn1cc(-c2ccc3c(c2)C(=O)Nc2cccc(n2)-c2nccn2CCC[C@@H](C)O3)cn1. The first-order valence-corrected chi connectivity index (χ1v) is 11.7. The number of carbonyl (C=O) groups excluding carboxylic acids is 1. The van der Waals surface area contributed by atoms with Crippen molar-refractivity contribution in [1.29, 1.82) is 0 Å². The van der Waals surface area contributed by atoms with E-state index in [0.717, 1.165) is 55.0 Å². The number of imidazole rings is 1. The van der Waals surface area contributed by atoms with E-state index in [9.17, 15) is 4.79 Å². The molecule has 1 aromatic carbocycles. The van der Waals surface area contributed by atoms with Crippen molar-refractivity contribution >= 4 is 11.7 Å². The van der Waals surface area contributed by atoms with Gasteiger partial charge in [-0.15, -0.1) is 0 Å². The van der Waals surface area contributed by atoms with Crippen LogP contribution in [0.3, 0.4) is 0 Å². The molecule has 0 saturated carbocycles. The molecule has 0 fully saturated rings. The van der Waals surface area contributed by atoms with Gasteiger partial charge in [-0.1, -0.05) is 19.1 Å². The van der Waals surface area contributed by atoms with Gasteiger partial charge in [0.1, 0.15) is 17.3 Å². The molecule has 34 heavy (non-hydrogen) atoms. The molecule has 4 heterocycles.